The minimum absolute atomic E-state index is 0.142. The van der Waals surface area contributed by atoms with E-state index in [1.165, 1.54) is 42.4 Å². The second kappa shape index (κ2) is 5.87. The Kier molecular flexibility index (Phi) is 3.95. The van der Waals surface area contributed by atoms with Crippen LogP contribution in [-0.4, -0.2) is 25.7 Å². The number of hydrogen-bond acceptors (Lipinski definition) is 2. The highest BCUT2D eigenvalue weighted by molar-refractivity contribution is 5.83. The standard InChI is InChI=1S/C21H29NO2/c1-15-3-6-18(16(2)13-15)20(7-8-20)14-22-19(23)21(17-4-5-17)9-11-24-12-10-21/h3,6,13,17H,4-5,7-12,14H2,1-2H3,(H,22,23). The monoisotopic (exact) mass is 327 g/mol. The molecule has 3 fully saturated rings. The van der Waals surface area contributed by atoms with Crippen LogP contribution in [0.25, 0.3) is 0 Å². The first-order chi connectivity index (χ1) is 11.6. The SMILES string of the molecule is Cc1ccc(C2(CNC(=O)C3(C4CC4)CCOCC3)CC2)c(C)c1. The number of nitrogens with one attached hydrogen (secondary N) is 1. The van der Waals surface area contributed by atoms with E-state index in [1.807, 2.05) is 0 Å². The van der Waals surface area contributed by atoms with Crippen molar-refractivity contribution < 1.29 is 9.53 Å². The Morgan fingerprint density at radius 3 is 2.46 bits per heavy atom. The first-order valence-electron chi connectivity index (χ1n) is 9.50. The van der Waals surface area contributed by atoms with Crippen LogP contribution in [0.3, 0.4) is 0 Å². The third-order valence-corrected chi connectivity index (χ3v) is 6.59. The second-order valence-corrected chi connectivity index (χ2v) is 8.32. The molecule has 0 atom stereocenters. The summed E-state index contributed by atoms with van der Waals surface area (Å²) in [5, 5.41) is 3.36. The fourth-order valence-electron chi connectivity index (χ4n) is 4.72. The quantitative estimate of drug-likeness (QED) is 0.896. The number of benzene rings is 1. The van der Waals surface area contributed by atoms with E-state index >= 15 is 0 Å². The van der Waals surface area contributed by atoms with E-state index in [1.54, 1.807) is 0 Å². The maximum Gasteiger partial charge on any atom is 0.226 e. The summed E-state index contributed by atoms with van der Waals surface area (Å²) in [5.74, 6) is 0.891. The molecule has 1 aliphatic heterocycles. The van der Waals surface area contributed by atoms with Gasteiger partial charge in [0.1, 0.15) is 0 Å². The number of ether oxygens (including phenoxy) is 1. The van der Waals surface area contributed by atoms with Crippen molar-refractivity contribution in [2.75, 3.05) is 19.8 Å². The van der Waals surface area contributed by atoms with E-state index in [2.05, 4.69) is 37.4 Å². The summed E-state index contributed by atoms with van der Waals surface area (Å²) < 4.78 is 5.53. The summed E-state index contributed by atoms with van der Waals surface area (Å²) in [4.78, 5) is 13.1. The predicted octanol–water partition coefficient (Wildman–Crippen LogP) is 3.66. The number of hydrogen-bond donors (Lipinski definition) is 1. The first-order valence-corrected chi connectivity index (χ1v) is 9.50. The van der Waals surface area contributed by atoms with Gasteiger partial charge in [0.25, 0.3) is 0 Å². The molecular formula is C21H29NO2. The summed E-state index contributed by atoms with van der Waals surface area (Å²) >= 11 is 0. The van der Waals surface area contributed by atoms with Crippen LogP contribution >= 0.6 is 0 Å². The maximum atomic E-state index is 13.1. The molecule has 1 aromatic rings. The van der Waals surface area contributed by atoms with Crippen molar-refractivity contribution in [2.24, 2.45) is 11.3 Å². The Hall–Kier alpha value is -1.35. The molecule has 0 radical (unpaired) electrons. The smallest absolute Gasteiger partial charge is 0.226 e. The van der Waals surface area contributed by atoms with Gasteiger partial charge in [-0.25, -0.2) is 0 Å². The van der Waals surface area contributed by atoms with E-state index in [0.717, 1.165) is 32.6 Å². The van der Waals surface area contributed by atoms with Crippen LogP contribution in [0.4, 0.5) is 0 Å². The molecular weight excluding hydrogens is 298 g/mol. The lowest BCUT2D eigenvalue weighted by Gasteiger charge is -2.36. The largest absolute Gasteiger partial charge is 0.381 e. The van der Waals surface area contributed by atoms with Crippen LogP contribution < -0.4 is 5.32 Å². The number of rotatable bonds is 5. The van der Waals surface area contributed by atoms with Crippen LogP contribution in [0.1, 0.15) is 55.2 Å². The number of aryl methyl sites for hydroxylation is 2. The van der Waals surface area contributed by atoms with E-state index in [-0.39, 0.29) is 10.8 Å². The highest BCUT2D eigenvalue weighted by Crippen LogP contribution is 2.52. The van der Waals surface area contributed by atoms with E-state index in [9.17, 15) is 4.79 Å². The molecule has 1 amide bonds. The van der Waals surface area contributed by atoms with Crippen LogP contribution in [0, 0.1) is 25.2 Å². The van der Waals surface area contributed by atoms with Crippen molar-refractivity contribution in [3.05, 3.63) is 34.9 Å². The number of carbonyl (C=O) groups is 1. The van der Waals surface area contributed by atoms with Gasteiger partial charge in [0.15, 0.2) is 0 Å². The van der Waals surface area contributed by atoms with E-state index in [4.69, 9.17) is 4.74 Å². The zero-order valence-electron chi connectivity index (χ0n) is 15.0. The molecule has 130 valence electrons. The molecule has 24 heavy (non-hydrogen) atoms. The molecule has 3 heteroatoms. The van der Waals surface area contributed by atoms with Crippen molar-refractivity contribution >= 4 is 5.91 Å². The summed E-state index contributed by atoms with van der Waals surface area (Å²) in [6.07, 6.45) is 6.62. The molecule has 0 aromatic heterocycles. The Morgan fingerprint density at radius 2 is 1.88 bits per heavy atom. The van der Waals surface area contributed by atoms with Crippen LogP contribution in [0.5, 0.6) is 0 Å². The van der Waals surface area contributed by atoms with Crippen LogP contribution in [0.15, 0.2) is 18.2 Å². The molecule has 1 heterocycles. The van der Waals surface area contributed by atoms with Crippen molar-refractivity contribution in [2.45, 2.75) is 57.8 Å². The molecule has 1 aromatic carbocycles. The zero-order chi connectivity index (χ0) is 16.8. The normalized spacial score (nSPS) is 24.4. The van der Waals surface area contributed by atoms with Gasteiger partial charge in [-0.2, -0.15) is 0 Å². The Morgan fingerprint density at radius 1 is 1.17 bits per heavy atom. The molecule has 3 nitrogen and oxygen atoms in total. The molecule has 0 bridgehead atoms. The minimum Gasteiger partial charge on any atom is -0.381 e. The van der Waals surface area contributed by atoms with Gasteiger partial charge in [-0.1, -0.05) is 23.8 Å². The molecule has 4 rings (SSSR count). The molecule has 2 aliphatic carbocycles. The molecule has 1 saturated heterocycles. The summed E-state index contributed by atoms with van der Waals surface area (Å²) in [5.41, 5.74) is 4.15. The fraction of sp³-hybridized carbons (Fsp3) is 0.667. The Labute approximate surface area is 145 Å². The summed E-state index contributed by atoms with van der Waals surface area (Å²) in [6.45, 7) is 6.63. The van der Waals surface area contributed by atoms with Gasteiger partial charge in [0, 0.05) is 25.2 Å². The predicted molar refractivity (Wildman–Crippen MR) is 95.0 cm³/mol. The third kappa shape index (κ3) is 2.77. The van der Waals surface area contributed by atoms with Gasteiger partial charge in [0.05, 0.1) is 5.41 Å². The second-order valence-electron chi connectivity index (χ2n) is 8.32. The van der Waals surface area contributed by atoms with Gasteiger partial charge < -0.3 is 10.1 Å². The van der Waals surface area contributed by atoms with Crippen LogP contribution in [0.2, 0.25) is 0 Å². The van der Waals surface area contributed by atoms with Gasteiger partial charge in [0.2, 0.25) is 5.91 Å². The van der Waals surface area contributed by atoms with Gasteiger partial charge in [-0.15, -0.1) is 0 Å². The van der Waals surface area contributed by atoms with Gasteiger partial charge in [-0.05, 0) is 69.4 Å². The fourth-order valence-corrected chi connectivity index (χ4v) is 4.72. The van der Waals surface area contributed by atoms with Gasteiger partial charge in [-0.3, -0.25) is 4.79 Å². The van der Waals surface area contributed by atoms with Crippen LogP contribution in [-0.2, 0) is 14.9 Å². The average molecular weight is 327 g/mol. The molecule has 0 unspecified atom stereocenters. The molecule has 0 spiro atoms. The summed E-state index contributed by atoms with van der Waals surface area (Å²) in [6, 6.07) is 6.74. The minimum atomic E-state index is -0.142. The van der Waals surface area contributed by atoms with Gasteiger partial charge >= 0.3 is 0 Å². The molecule has 1 N–H and O–H groups in total. The lowest BCUT2D eigenvalue weighted by atomic mass is 9.74. The summed E-state index contributed by atoms with van der Waals surface area (Å²) in [7, 11) is 0. The lowest BCUT2D eigenvalue weighted by molar-refractivity contribution is -0.138. The van der Waals surface area contributed by atoms with E-state index < -0.39 is 0 Å². The van der Waals surface area contributed by atoms with Crippen molar-refractivity contribution in [1.29, 1.82) is 0 Å². The Bertz CT molecular complexity index is 637. The number of carbonyl (C=O) groups excluding carboxylic acids is 1. The highest BCUT2D eigenvalue weighted by Gasteiger charge is 2.52. The topological polar surface area (TPSA) is 38.3 Å². The third-order valence-electron chi connectivity index (χ3n) is 6.59. The molecule has 3 aliphatic rings. The van der Waals surface area contributed by atoms with Crippen molar-refractivity contribution in [3.63, 3.8) is 0 Å². The first kappa shape index (κ1) is 16.1. The zero-order valence-corrected chi connectivity index (χ0v) is 15.0. The van der Waals surface area contributed by atoms with E-state index in [0.29, 0.717) is 11.8 Å². The lowest BCUT2D eigenvalue weighted by Crippen LogP contribution is -2.48. The number of amides is 1. The average Bonchev–Trinajstić information content (AvgIpc) is 3.47. The Balaban J connectivity index is 1.47. The maximum absolute atomic E-state index is 13.1. The van der Waals surface area contributed by atoms with Crippen molar-refractivity contribution in [1.82, 2.24) is 5.32 Å². The van der Waals surface area contributed by atoms with Crippen molar-refractivity contribution in [3.8, 4) is 0 Å². The highest BCUT2D eigenvalue weighted by atomic mass is 16.5. The molecule has 2 saturated carbocycles.